The first-order valence-corrected chi connectivity index (χ1v) is 8.71. The fourth-order valence-corrected chi connectivity index (χ4v) is 2.46. The van der Waals surface area contributed by atoms with E-state index in [1.807, 2.05) is 0 Å². The zero-order chi connectivity index (χ0) is 18.8. The quantitative estimate of drug-likeness (QED) is 0.403. The standard InChI is InChI=1S/C20H24N2O4/c23-17-11-7-15(8-12-17)21-19(25)5-3-1-2-4-6-20(26)22-16-9-13-18(24)14-10-16/h7-14,23-24H,1-6H2,(H,21,25)(H,22,26). The number of anilines is 2. The van der Waals surface area contributed by atoms with E-state index in [-0.39, 0.29) is 23.3 Å². The van der Waals surface area contributed by atoms with Crippen molar-refractivity contribution in [2.75, 3.05) is 10.6 Å². The summed E-state index contributed by atoms with van der Waals surface area (Å²) in [5.74, 6) is 0.219. The number of hydrogen-bond acceptors (Lipinski definition) is 4. The van der Waals surface area contributed by atoms with Crippen molar-refractivity contribution in [1.29, 1.82) is 0 Å². The van der Waals surface area contributed by atoms with E-state index in [1.165, 1.54) is 24.3 Å². The van der Waals surface area contributed by atoms with Crippen LogP contribution in [0.15, 0.2) is 48.5 Å². The van der Waals surface area contributed by atoms with Gasteiger partial charge in [-0.1, -0.05) is 12.8 Å². The predicted molar refractivity (Wildman–Crippen MR) is 101 cm³/mol. The minimum Gasteiger partial charge on any atom is -0.508 e. The van der Waals surface area contributed by atoms with Gasteiger partial charge in [-0.25, -0.2) is 0 Å². The number of benzene rings is 2. The van der Waals surface area contributed by atoms with Crippen LogP contribution in [0.4, 0.5) is 11.4 Å². The van der Waals surface area contributed by atoms with Crippen LogP contribution < -0.4 is 10.6 Å². The molecule has 0 atom stereocenters. The first kappa shape index (κ1) is 19.3. The highest BCUT2D eigenvalue weighted by Crippen LogP contribution is 2.16. The number of carbonyl (C=O) groups is 2. The molecular formula is C20H24N2O4. The van der Waals surface area contributed by atoms with E-state index in [2.05, 4.69) is 10.6 Å². The first-order chi connectivity index (χ1) is 12.5. The second-order valence-electron chi connectivity index (χ2n) is 6.10. The first-order valence-electron chi connectivity index (χ1n) is 8.71. The number of carbonyl (C=O) groups excluding carboxylic acids is 2. The van der Waals surface area contributed by atoms with Crippen LogP contribution in [-0.2, 0) is 9.59 Å². The Kier molecular flexibility index (Phi) is 7.49. The average Bonchev–Trinajstić information content (AvgIpc) is 2.62. The monoisotopic (exact) mass is 356 g/mol. The third kappa shape index (κ3) is 7.25. The third-order valence-electron chi connectivity index (χ3n) is 3.86. The maximum Gasteiger partial charge on any atom is 0.224 e. The zero-order valence-corrected chi connectivity index (χ0v) is 14.6. The molecule has 0 saturated heterocycles. The third-order valence-corrected chi connectivity index (χ3v) is 3.86. The summed E-state index contributed by atoms with van der Waals surface area (Å²) in [7, 11) is 0. The molecule has 2 rings (SSSR count). The summed E-state index contributed by atoms with van der Waals surface area (Å²) >= 11 is 0. The minimum atomic E-state index is -0.0548. The highest BCUT2D eigenvalue weighted by Gasteiger charge is 2.04. The molecule has 2 aromatic carbocycles. The normalized spacial score (nSPS) is 10.3. The number of nitrogens with one attached hydrogen (secondary N) is 2. The number of phenols is 2. The molecule has 26 heavy (non-hydrogen) atoms. The molecule has 0 aliphatic heterocycles. The Balaban J connectivity index is 1.53. The summed E-state index contributed by atoms with van der Waals surface area (Å²) < 4.78 is 0. The molecule has 0 aromatic heterocycles. The molecule has 0 heterocycles. The van der Waals surface area contributed by atoms with Crippen LogP contribution in [0, 0.1) is 0 Å². The number of phenolic OH excluding ortho intramolecular Hbond substituents is 2. The summed E-state index contributed by atoms with van der Waals surface area (Å²) in [4.78, 5) is 23.6. The Morgan fingerprint density at radius 1 is 0.615 bits per heavy atom. The summed E-state index contributed by atoms with van der Waals surface area (Å²) in [5.41, 5.74) is 1.33. The average molecular weight is 356 g/mol. The van der Waals surface area contributed by atoms with Gasteiger partial charge in [0.15, 0.2) is 0 Å². The van der Waals surface area contributed by atoms with Crippen molar-refractivity contribution in [2.45, 2.75) is 38.5 Å². The number of amides is 2. The van der Waals surface area contributed by atoms with E-state index >= 15 is 0 Å². The minimum absolute atomic E-state index is 0.0548. The van der Waals surface area contributed by atoms with Gasteiger partial charge in [-0.15, -0.1) is 0 Å². The molecule has 138 valence electrons. The van der Waals surface area contributed by atoms with Gasteiger partial charge in [-0.3, -0.25) is 9.59 Å². The maximum absolute atomic E-state index is 11.8. The second-order valence-corrected chi connectivity index (χ2v) is 6.10. The van der Waals surface area contributed by atoms with Crippen molar-refractivity contribution in [2.24, 2.45) is 0 Å². The van der Waals surface area contributed by atoms with E-state index in [9.17, 15) is 19.8 Å². The van der Waals surface area contributed by atoms with Crippen molar-refractivity contribution in [1.82, 2.24) is 0 Å². The Labute approximate surface area is 152 Å². The summed E-state index contributed by atoms with van der Waals surface area (Å²) in [6, 6.07) is 12.7. The molecule has 0 fully saturated rings. The molecule has 0 unspecified atom stereocenters. The van der Waals surface area contributed by atoms with E-state index in [0.29, 0.717) is 24.2 Å². The molecule has 0 aliphatic rings. The van der Waals surface area contributed by atoms with Crippen molar-refractivity contribution in [3.63, 3.8) is 0 Å². The molecule has 2 aromatic rings. The van der Waals surface area contributed by atoms with Gasteiger partial charge in [-0.2, -0.15) is 0 Å². The Morgan fingerprint density at radius 3 is 1.31 bits per heavy atom. The van der Waals surface area contributed by atoms with Gasteiger partial charge >= 0.3 is 0 Å². The number of rotatable bonds is 9. The Morgan fingerprint density at radius 2 is 0.962 bits per heavy atom. The summed E-state index contributed by atoms with van der Waals surface area (Å²) in [5, 5.41) is 23.9. The molecule has 0 saturated carbocycles. The van der Waals surface area contributed by atoms with Crippen LogP contribution in [0.3, 0.4) is 0 Å². The van der Waals surface area contributed by atoms with E-state index in [1.54, 1.807) is 24.3 Å². The van der Waals surface area contributed by atoms with Gasteiger partial charge in [-0.05, 0) is 61.4 Å². The van der Waals surface area contributed by atoms with Gasteiger partial charge in [0, 0.05) is 24.2 Å². The van der Waals surface area contributed by atoms with Crippen LogP contribution in [0.1, 0.15) is 38.5 Å². The Bertz CT molecular complexity index is 648. The molecule has 0 aliphatic carbocycles. The fourth-order valence-electron chi connectivity index (χ4n) is 2.46. The van der Waals surface area contributed by atoms with Gasteiger partial charge < -0.3 is 20.8 Å². The van der Waals surface area contributed by atoms with Crippen molar-refractivity contribution in [3.8, 4) is 11.5 Å². The number of aromatic hydroxyl groups is 2. The van der Waals surface area contributed by atoms with Gasteiger partial charge in [0.25, 0.3) is 0 Å². The summed E-state index contributed by atoms with van der Waals surface area (Å²) in [6.45, 7) is 0. The highest BCUT2D eigenvalue weighted by molar-refractivity contribution is 5.91. The van der Waals surface area contributed by atoms with E-state index in [4.69, 9.17) is 0 Å². The maximum atomic E-state index is 11.8. The van der Waals surface area contributed by atoms with Crippen LogP contribution in [0.2, 0.25) is 0 Å². The highest BCUT2D eigenvalue weighted by atomic mass is 16.3. The molecule has 6 nitrogen and oxygen atoms in total. The smallest absolute Gasteiger partial charge is 0.224 e. The Hall–Kier alpha value is -3.02. The molecule has 2 amide bonds. The number of hydrogen-bond donors (Lipinski definition) is 4. The lowest BCUT2D eigenvalue weighted by atomic mass is 10.1. The number of unbranched alkanes of at least 4 members (excludes halogenated alkanes) is 3. The van der Waals surface area contributed by atoms with Crippen LogP contribution >= 0.6 is 0 Å². The lowest BCUT2D eigenvalue weighted by molar-refractivity contribution is -0.117. The largest absolute Gasteiger partial charge is 0.508 e. The van der Waals surface area contributed by atoms with E-state index in [0.717, 1.165) is 25.7 Å². The van der Waals surface area contributed by atoms with Gasteiger partial charge in [0.2, 0.25) is 11.8 Å². The van der Waals surface area contributed by atoms with Crippen LogP contribution in [0.5, 0.6) is 11.5 Å². The van der Waals surface area contributed by atoms with Crippen LogP contribution in [0.25, 0.3) is 0 Å². The van der Waals surface area contributed by atoms with Gasteiger partial charge in [0.1, 0.15) is 11.5 Å². The molecule has 0 bridgehead atoms. The lowest BCUT2D eigenvalue weighted by Gasteiger charge is -2.06. The molecule has 4 N–H and O–H groups in total. The molecule has 6 heteroatoms. The molecule has 0 radical (unpaired) electrons. The van der Waals surface area contributed by atoms with E-state index < -0.39 is 0 Å². The van der Waals surface area contributed by atoms with Crippen molar-refractivity contribution < 1.29 is 19.8 Å². The SMILES string of the molecule is O=C(CCCCCCC(=O)Nc1ccc(O)cc1)Nc1ccc(O)cc1. The topological polar surface area (TPSA) is 98.7 Å². The fraction of sp³-hybridized carbons (Fsp3) is 0.300. The molecular weight excluding hydrogens is 332 g/mol. The predicted octanol–water partition coefficient (Wildman–Crippen LogP) is 4.02. The van der Waals surface area contributed by atoms with Crippen molar-refractivity contribution >= 4 is 23.2 Å². The van der Waals surface area contributed by atoms with Gasteiger partial charge in [0.05, 0.1) is 0 Å². The molecule has 0 spiro atoms. The summed E-state index contributed by atoms with van der Waals surface area (Å²) in [6.07, 6.45) is 4.17. The van der Waals surface area contributed by atoms with Crippen molar-refractivity contribution in [3.05, 3.63) is 48.5 Å². The zero-order valence-electron chi connectivity index (χ0n) is 14.6. The second kappa shape index (κ2) is 10.1. The lowest BCUT2D eigenvalue weighted by Crippen LogP contribution is -2.11. The van der Waals surface area contributed by atoms with Crippen LogP contribution in [-0.4, -0.2) is 22.0 Å².